The SMILES string of the molecule is CSc1nc(N)cc(NC(C)c2ccccc2C)n1. The van der Waals surface area contributed by atoms with Crippen molar-refractivity contribution in [1.29, 1.82) is 0 Å². The zero-order valence-electron chi connectivity index (χ0n) is 11.3. The number of rotatable bonds is 4. The van der Waals surface area contributed by atoms with Crippen LogP contribution in [0.2, 0.25) is 0 Å². The van der Waals surface area contributed by atoms with Gasteiger partial charge in [-0.25, -0.2) is 9.97 Å². The molecule has 0 aliphatic heterocycles. The first kappa shape index (κ1) is 13.7. The van der Waals surface area contributed by atoms with E-state index in [4.69, 9.17) is 5.73 Å². The van der Waals surface area contributed by atoms with Crippen LogP contribution in [0.3, 0.4) is 0 Å². The lowest BCUT2D eigenvalue weighted by atomic mass is 10.0. The minimum atomic E-state index is 0.171. The van der Waals surface area contributed by atoms with Gasteiger partial charge in [0, 0.05) is 6.07 Å². The van der Waals surface area contributed by atoms with Crippen molar-refractivity contribution in [2.24, 2.45) is 0 Å². The third kappa shape index (κ3) is 3.38. The Morgan fingerprint density at radius 3 is 2.68 bits per heavy atom. The Labute approximate surface area is 117 Å². The normalized spacial score (nSPS) is 12.2. The Kier molecular flexibility index (Phi) is 4.27. The van der Waals surface area contributed by atoms with Gasteiger partial charge in [-0.1, -0.05) is 36.0 Å². The first-order chi connectivity index (χ1) is 9.10. The van der Waals surface area contributed by atoms with Crippen LogP contribution in [-0.2, 0) is 0 Å². The lowest BCUT2D eigenvalue weighted by Gasteiger charge is -2.17. The Bertz CT molecular complexity index is 571. The Balaban J connectivity index is 2.21. The predicted molar refractivity (Wildman–Crippen MR) is 81.4 cm³/mol. The second-order valence-corrected chi connectivity index (χ2v) is 5.16. The fourth-order valence-corrected chi connectivity index (χ4v) is 2.37. The molecule has 0 saturated heterocycles. The van der Waals surface area contributed by atoms with Crippen LogP contribution in [0.4, 0.5) is 11.6 Å². The number of nitrogens with zero attached hydrogens (tertiary/aromatic N) is 2. The average Bonchev–Trinajstić information content (AvgIpc) is 2.38. The molecule has 0 spiro atoms. The van der Waals surface area contributed by atoms with E-state index in [0.29, 0.717) is 11.0 Å². The van der Waals surface area contributed by atoms with Gasteiger partial charge in [0.25, 0.3) is 0 Å². The molecule has 0 aliphatic rings. The van der Waals surface area contributed by atoms with E-state index in [1.165, 1.54) is 22.9 Å². The van der Waals surface area contributed by atoms with E-state index in [0.717, 1.165) is 5.82 Å². The van der Waals surface area contributed by atoms with Crippen molar-refractivity contribution in [3.8, 4) is 0 Å². The van der Waals surface area contributed by atoms with E-state index in [9.17, 15) is 0 Å². The van der Waals surface area contributed by atoms with Gasteiger partial charge >= 0.3 is 0 Å². The third-order valence-corrected chi connectivity index (χ3v) is 3.48. The van der Waals surface area contributed by atoms with Gasteiger partial charge in [0.2, 0.25) is 0 Å². The van der Waals surface area contributed by atoms with Crippen LogP contribution < -0.4 is 11.1 Å². The molecule has 1 heterocycles. The minimum absolute atomic E-state index is 0.171. The average molecular weight is 274 g/mol. The van der Waals surface area contributed by atoms with Gasteiger partial charge in [0.15, 0.2) is 5.16 Å². The van der Waals surface area contributed by atoms with Crippen molar-refractivity contribution in [3.05, 3.63) is 41.5 Å². The minimum Gasteiger partial charge on any atom is -0.383 e. The fraction of sp³-hybridized carbons (Fsp3) is 0.286. The molecule has 2 aromatic rings. The molecule has 0 radical (unpaired) electrons. The van der Waals surface area contributed by atoms with Gasteiger partial charge in [-0.05, 0) is 31.2 Å². The van der Waals surface area contributed by atoms with Crippen molar-refractivity contribution in [3.63, 3.8) is 0 Å². The molecule has 1 atom stereocenters. The van der Waals surface area contributed by atoms with Crippen LogP contribution >= 0.6 is 11.8 Å². The maximum atomic E-state index is 5.77. The lowest BCUT2D eigenvalue weighted by Crippen LogP contribution is -2.10. The standard InChI is InChI=1S/C14H18N4S/c1-9-6-4-5-7-11(9)10(2)16-13-8-12(15)17-14(18-13)19-3/h4-8,10H,1-3H3,(H3,15,16,17,18). The summed E-state index contributed by atoms with van der Waals surface area (Å²) in [6.07, 6.45) is 1.93. The summed E-state index contributed by atoms with van der Waals surface area (Å²) in [6, 6.07) is 10.2. The number of aryl methyl sites for hydroxylation is 1. The van der Waals surface area contributed by atoms with E-state index >= 15 is 0 Å². The first-order valence-corrected chi connectivity index (χ1v) is 7.33. The molecule has 4 nitrogen and oxygen atoms in total. The third-order valence-electron chi connectivity index (χ3n) is 2.93. The van der Waals surface area contributed by atoms with Crippen LogP contribution in [0, 0.1) is 6.92 Å². The Morgan fingerprint density at radius 1 is 1.26 bits per heavy atom. The summed E-state index contributed by atoms with van der Waals surface area (Å²) in [5.41, 5.74) is 8.29. The molecular formula is C14H18N4S. The Morgan fingerprint density at radius 2 is 2.00 bits per heavy atom. The highest BCUT2D eigenvalue weighted by Crippen LogP contribution is 2.23. The summed E-state index contributed by atoms with van der Waals surface area (Å²) in [4.78, 5) is 8.55. The van der Waals surface area contributed by atoms with Crippen molar-refractivity contribution < 1.29 is 0 Å². The van der Waals surface area contributed by atoms with E-state index in [1.54, 1.807) is 6.07 Å². The molecule has 1 aromatic heterocycles. The van der Waals surface area contributed by atoms with Gasteiger partial charge in [0.1, 0.15) is 11.6 Å². The van der Waals surface area contributed by atoms with E-state index in [2.05, 4.69) is 41.3 Å². The van der Waals surface area contributed by atoms with Crippen LogP contribution in [-0.4, -0.2) is 16.2 Å². The first-order valence-electron chi connectivity index (χ1n) is 6.10. The largest absolute Gasteiger partial charge is 0.383 e. The molecule has 2 rings (SSSR count). The monoisotopic (exact) mass is 274 g/mol. The summed E-state index contributed by atoms with van der Waals surface area (Å²) in [7, 11) is 0. The highest BCUT2D eigenvalue weighted by molar-refractivity contribution is 7.98. The second-order valence-electron chi connectivity index (χ2n) is 4.39. The summed E-state index contributed by atoms with van der Waals surface area (Å²) in [6.45, 7) is 4.22. The zero-order chi connectivity index (χ0) is 13.8. The molecule has 0 aliphatic carbocycles. The van der Waals surface area contributed by atoms with Crippen LogP contribution in [0.5, 0.6) is 0 Å². The van der Waals surface area contributed by atoms with E-state index in [1.807, 2.05) is 18.4 Å². The number of aromatic nitrogens is 2. The number of thioether (sulfide) groups is 1. The van der Waals surface area contributed by atoms with E-state index in [-0.39, 0.29) is 6.04 Å². The maximum absolute atomic E-state index is 5.77. The second kappa shape index (κ2) is 5.93. The molecule has 3 N–H and O–H groups in total. The molecule has 5 heteroatoms. The summed E-state index contributed by atoms with van der Waals surface area (Å²) >= 11 is 1.48. The summed E-state index contributed by atoms with van der Waals surface area (Å²) in [5.74, 6) is 1.24. The van der Waals surface area contributed by atoms with Crippen molar-refractivity contribution in [2.45, 2.75) is 25.0 Å². The molecule has 0 amide bonds. The summed E-state index contributed by atoms with van der Waals surface area (Å²) < 4.78 is 0. The Hall–Kier alpha value is -1.75. The van der Waals surface area contributed by atoms with Crippen molar-refractivity contribution in [1.82, 2.24) is 9.97 Å². The van der Waals surface area contributed by atoms with Crippen LogP contribution in [0.15, 0.2) is 35.5 Å². The van der Waals surface area contributed by atoms with Gasteiger partial charge in [-0.3, -0.25) is 0 Å². The van der Waals surface area contributed by atoms with E-state index < -0.39 is 0 Å². The number of benzene rings is 1. The number of hydrogen-bond acceptors (Lipinski definition) is 5. The highest BCUT2D eigenvalue weighted by atomic mass is 32.2. The molecular weight excluding hydrogens is 256 g/mol. The predicted octanol–water partition coefficient (Wildman–Crippen LogP) is 3.26. The topological polar surface area (TPSA) is 63.8 Å². The number of hydrogen-bond donors (Lipinski definition) is 2. The van der Waals surface area contributed by atoms with Gasteiger partial charge in [-0.15, -0.1) is 0 Å². The summed E-state index contributed by atoms with van der Waals surface area (Å²) in [5, 5.41) is 4.05. The van der Waals surface area contributed by atoms with Crippen molar-refractivity contribution >= 4 is 23.4 Å². The van der Waals surface area contributed by atoms with Gasteiger partial charge < -0.3 is 11.1 Å². The molecule has 0 bridgehead atoms. The molecule has 0 saturated carbocycles. The molecule has 19 heavy (non-hydrogen) atoms. The van der Waals surface area contributed by atoms with Crippen molar-refractivity contribution in [2.75, 3.05) is 17.3 Å². The highest BCUT2D eigenvalue weighted by Gasteiger charge is 2.09. The molecule has 0 fully saturated rings. The smallest absolute Gasteiger partial charge is 0.191 e. The number of nitrogen functional groups attached to an aromatic ring is 1. The van der Waals surface area contributed by atoms with Crippen LogP contribution in [0.1, 0.15) is 24.1 Å². The molecule has 1 unspecified atom stereocenters. The number of nitrogens with two attached hydrogens (primary N) is 1. The molecule has 1 aromatic carbocycles. The lowest BCUT2D eigenvalue weighted by molar-refractivity contribution is 0.849. The van der Waals surface area contributed by atoms with Crippen LogP contribution in [0.25, 0.3) is 0 Å². The number of anilines is 2. The number of nitrogens with one attached hydrogen (secondary N) is 1. The zero-order valence-corrected chi connectivity index (χ0v) is 12.2. The molecule has 100 valence electrons. The van der Waals surface area contributed by atoms with Gasteiger partial charge in [0.05, 0.1) is 6.04 Å². The fourth-order valence-electron chi connectivity index (χ4n) is 1.98. The van der Waals surface area contributed by atoms with Gasteiger partial charge in [-0.2, -0.15) is 0 Å². The maximum Gasteiger partial charge on any atom is 0.191 e. The quantitative estimate of drug-likeness (QED) is 0.662.